The molecular weight excluding hydrogens is 214 g/mol. The van der Waals surface area contributed by atoms with Crippen LogP contribution in [0.5, 0.6) is 0 Å². The fraction of sp³-hybridized carbons (Fsp3) is 0.286. The van der Waals surface area contributed by atoms with E-state index in [0.717, 1.165) is 13.1 Å². The molecule has 1 nitrogen and oxygen atoms in total. The number of aryl methyl sites for hydroxylation is 1. The zero-order valence-electron chi connectivity index (χ0n) is 9.79. The fourth-order valence-corrected chi connectivity index (χ4v) is 2.50. The van der Waals surface area contributed by atoms with Gasteiger partial charge in [-0.05, 0) is 52.5 Å². The summed E-state index contributed by atoms with van der Waals surface area (Å²) in [5, 5.41) is 7.68. The van der Waals surface area contributed by atoms with Gasteiger partial charge in [0, 0.05) is 6.54 Å². The third kappa shape index (κ3) is 2.52. The predicted molar refractivity (Wildman–Crippen MR) is 71.9 cm³/mol. The Bertz CT molecular complexity index is 446. The molecule has 0 aliphatic rings. The van der Waals surface area contributed by atoms with E-state index in [0.29, 0.717) is 0 Å². The summed E-state index contributed by atoms with van der Waals surface area (Å²) in [4.78, 5) is 0. The Kier molecular flexibility index (Phi) is 3.75. The molecule has 2 aromatic rings. The van der Waals surface area contributed by atoms with Crippen molar-refractivity contribution in [2.75, 3.05) is 6.54 Å². The zero-order valence-corrected chi connectivity index (χ0v) is 10.6. The average molecular weight is 231 g/mol. The van der Waals surface area contributed by atoms with Crippen molar-refractivity contribution >= 4 is 11.3 Å². The molecule has 0 radical (unpaired) electrons. The van der Waals surface area contributed by atoms with Crippen LogP contribution >= 0.6 is 11.3 Å². The molecule has 16 heavy (non-hydrogen) atoms. The van der Waals surface area contributed by atoms with Crippen molar-refractivity contribution in [3.05, 3.63) is 46.2 Å². The maximum Gasteiger partial charge on any atom is 0.0205 e. The molecular formula is C14H17NS. The van der Waals surface area contributed by atoms with Gasteiger partial charge in [-0.25, -0.2) is 0 Å². The SMILES string of the molecule is CCNCc1ccc(-c2ccsc2)c(C)c1. The molecule has 0 spiro atoms. The Balaban J connectivity index is 2.23. The molecule has 2 rings (SSSR count). The topological polar surface area (TPSA) is 12.0 Å². The Morgan fingerprint density at radius 1 is 1.25 bits per heavy atom. The molecule has 84 valence electrons. The largest absolute Gasteiger partial charge is 0.313 e. The van der Waals surface area contributed by atoms with E-state index in [1.165, 1.54) is 22.3 Å². The lowest BCUT2D eigenvalue weighted by molar-refractivity contribution is 0.726. The van der Waals surface area contributed by atoms with Gasteiger partial charge in [-0.2, -0.15) is 11.3 Å². The lowest BCUT2D eigenvalue weighted by Crippen LogP contribution is -2.11. The summed E-state index contributed by atoms with van der Waals surface area (Å²) in [6, 6.07) is 8.89. The summed E-state index contributed by atoms with van der Waals surface area (Å²) < 4.78 is 0. The van der Waals surface area contributed by atoms with Gasteiger partial charge in [0.05, 0.1) is 0 Å². The van der Waals surface area contributed by atoms with Crippen molar-refractivity contribution in [2.45, 2.75) is 20.4 Å². The van der Waals surface area contributed by atoms with Gasteiger partial charge >= 0.3 is 0 Å². The first-order chi connectivity index (χ1) is 7.81. The smallest absolute Gasteiger partial charge is 0.0205 e. The Morgan fingerprint density at radius 2 is 2.12 bits per heavy atom. The summed E-state index contributed by atoms with van der Waals surface area (Å²) in [5.41, 5.74) is 5.39. The van der Waals surface area contributed by atoms with Gasteiger partial charge in [0.1, 0.15) is 0 Å². The molecule has 1 N–H and O–H groups in total. The quantitative estimate of drug-likeness (QED) is 0.843. The molecule has 0 fully saturated rings. The summed E-state index contributed by atoms with van der Waals surface area (Å²) >= 11 is 1.75. The van der Waals surface area contributed by atoms with Crippen molar-refractivity contribution in [3.8, 4) is 11.1 Å². The van der Waals surface area contributed by atoms with Crippen LogP contribution in [-0.2, 0) is 6.54 Å². The van der Waals surface area contributed by atoms with Gasteiger partial charge in [-0.1, -0.05) is 25.1 Å². The van der Waals surface area contributed by atoms with E-state index in [1.54, 1.807) is 11.3 Å². The summed E-state index contributed by atoms with van der Waals surface area (Å²) in [6.07, 6.45) is 0. The third-order valence-corrected chi connectivity index (χ3v) is 3.39. The molecule has 0 atom stereocenters. The summed E-state index contributed by atoms with van der Waals surface area (Å²) in [7, 11) is 0. The van der Waals surface area contributed by atoms with E-state index in [-0.39, 0.29) is 0 Å². The van der Waals surface area contributed by atoms with E-state index in [2.05, 4.69) is 54.2 Å². The number of hydrogen-bond acceptors (Lipinski definition) is 2. The van der Waals surface area contributed by atoms with Crippen molar-refractivity contribution in [1.29, 1.82) is 0 Å². The highest BCUT2D eigenvalue weighted by Gasteiger charge is 2.02. The van der Waals surface area contributed by atoms with Crippen LogP contribution < -0.4 is 5.32 Å². The second-order valence-corrected chi connectivity index (χ2v) is 4.72. The standard InChI is InChI=1S/C14H17NS/c1-3-15-9-12-4-5-14(11(2)8-12)13-6-7-16-10-13/h4-8,10,15H,3,9H2,1-2H3. The molecule has 1 aromatic carbocycles. The van der Waals surface area contributed by atoms with Crippen molar-refractivity contribution in [1.82, 2.24) is 5.32 Å². The molecule has 0 aliphatic carbocycles. The van der Waals surface area contributed by atoms with Crippen LogP contribution in [0.3, 0.4) is 0 Å². The lowest BCUT2D eigenvalue weighted by atomic mass is 10.0. The molecule has 0 saturated heterocycles. The Morgan fingerprint density at radius 3 is 2.75 bits per heavy atom. The van der Waals surface area contributed by atoms with E-state index in [4.69, 9.17) is 0 Å². The van der Waals surface area contributed by atoms with Crippen LogP contribution in [0.25, 0.3) is 11.1 Å². The molecule has 0 unspecified atom stereocenters. The minimum absolute atomic E-state index is 0.960. The third-order valence-electron chi connectivity index (χ3n) is 2.70. The number of benzene rings is 1. The Labute approximate surface area is 101 Å². The number of nitrogens with one attached hydrogen (secondary N) is 1. The fourth-order valence-electron chi connectivity index (χ4n) is 1.85. The highest BCUT2D eigenvalue weighted by molar-refractivity contribution is 7.08. The normalized spacial score (nSPS) is 10.6. The lowest BCUT2D eigenvalue weighted by Gasteiger charge is -2.07. The van der Waals surface area contributed by atoms with Crippen LogP contribution in [0.15, 0.2) is 35.0 Å². The molecule has 0 bridgehead atoms. The number of thiophene rings is 1. The van der Waals surface area contributed by atoms with Crippen molar-refractivity contribution in [2.24, 2.45) is 0 Å². The van der Waals surface area contributed by atoms with Gasteiger partial charge in [-0.3, -0.25) is 0 Å². The van der Waals surface area contributed by atoms with Gasteiger partial charge in [0.15, 0.2) is 0 Å². The van der Waals surface area contributed by atoms with E-state index in [1.807, 2.05) is 0 Å². The molecule has 1 heterocycles. The van der Waals surface area contributed by atoms with Crippen LogP contribution in [0, 0.1) is 6.92 Å². The molecule has 0 saturated carbocycles. The minimum atomic E-state index is 0.960. The second kappa shape index (κ2) is 5.28. The summed E-state index contributed by atoms with van der Waals surface area (Å²) in [5.74, 6) is 0. The summed E-state index contributed by atoms with van der Waals surface area (Å²) in [6.45, 7) is 6.29. The Hall–Kier alpha value is -1.12. The molecule has 2 heteroatoms. The van der Waals surface area contributed by atoms with Crippen LogP contribution in [0.2, 0.25) is 0 Å². The van der Waals surface area contributed by atoms with E-state index in [9.17, 15) is 0 Å². The number of rotatable bonds is 4. The second-order valence-electron chi connectivity index (χ2n) is 3.94. The highest BCUT2D eigenvalue weighted by Crippen LogP contribution is 2.26. The van der Waals surface area contributed by atoms with Gasteiger partial charge < -0.3 is 5.32 Å². The van der Waals surface area contributed by atoms with E-state index >= 15 is 0 Å². The molecule has 0 amide bonds. The first kappa shape index (κ1) is 11.4. The minimum Gasteiger partial charge on any atom is -0.313 e. The first-order valence-electron chi connectivity index (χ1n) is 5.64. The molecule has 0 aliphatic heterocycles. The zero-order chi connectivity index (χ0) is 11.4. The maximum atomic E-state index is 3.35. The van der Waals surface area contributed by atoms with Gasteiger partial charge in [0.25, 0.3) is 0 Å². The van der Waals surface area contributed by atoms with Crippen LogP contribution in [0.4, 0.5) is 0 Å². The van der Waals surface area contributed by atoms with Gasteiger partial charge in [0.2, 0.25) is 0 Å². The number of hydrogen-bond donors (Lipinski definition) is 1. The van der Waals surface area contributed by atoms with Crippen molar-refractivity contribution < 1.29 is 0 Å². The average Bonchev–Trinajstić information content (AvgIpc) is 2.80. The van der Waals surface area contributed by atoms with Crippen LogP contribution in [0.1, 0.15) is 18.1 Å². The maximum absolute atomic E-state index is 3.35. The first-order valence-corrected chi connectivity index (χ1v) is 6.58. The van der Waals surface area contributed by atoms with Crippen LogP contribution in [-0.4, -0.2) is 6.54 Å². The van der Waals surface area contributed by atoms with E-state index < -0.39 is 0 Å². The predicted octanol–water partition coefficient (Wildman–Crippen LogP) is 3.83. The molecule has 1 aromatic heterocycles. The van der Waals surface area contributed by atoms with Crippen molar-refractivity contribution in [3.63, 3.8) is 0 Å². The van der Waals surface area contributed by atoms with Gasteiger partial charge in [-0.15, -0.1) is 0 Å². The monoisotopic (exact) mass is 231 g/mol. The highest BCUT2D eigenvalue weighted by atomic mass is 32.1.